The van der Waals surface area contributed by atoms with Crippen LogP contribution in [0.2, 0.25) is 0 Å². The van der Waals surface area contributed by atoms with Crippen LogP contribution in [0.1, 0.15) is 92.4 Å². The van der Waals surface area contributed by atoms with Crippen LogP contribution < -0.4 is 0 Å². The van der Waals surface area contributed by atoms with Crippen LogP contribution in [0.5, 0.6) is 0 Å². The monoisotopic (exact) mass is 1770 g/mol. The van der Waals surface area contributed by atoms with Gasteiger partial charge in [0.2, 0.25) is 0 Å². The predicted molar refractivity (Wildman–Crippen MR) is 407 cm³/mol. The van der Waals surface area contributed by atoms with Gasteiger partial charge in [-0.05, 0) is 141 Å². The molecule has 0 spiro atoms. The summed E-state index contributed by atoms with van der Waals surface area (Å²) in [4.78, 5) is 50.1. The Bertz CT molecular complexity index is 4100. The van der Waals surface area contributed by atoms with E-state index in [0.29, 0.717) is 25.7 Å². The van der Waals surface area contributed by atoms with Crippen molar-refractivity contribution in [1.29, 1.82) is 0 Å². The third-order valence-corrected chi connectivity index (χ3v) is 23.6. The van der Waals surface area contributed by atoms with Crippen LogP contribution in [0.15, 0.2) is 358 Å². The van der Waals surface area contributed by atoms with Crippen molar-refractivity contribution in [3.8, 4) is 0 Å². The van der Waals surface area contributed by atoms with E-state index in [0.717, 1.165) is 84.7 Å². The van der Waals surface area contributed by atoms with Gasteiger partial charge >= 0.3 is 23.9 Å². The van der Waals surface area contributed by atoms with Gasteiger partial charge in [-0.3, -0.25) is 19.2 Å². The fraction of sp³-hybridized carbons (Fsp3) is 0.136. The summed E-state index contributed by atoms with van der Waals surface area (Å²) in [6.07, 6.45) is 2.24. The first kappa shape index (κ1) is 74.9. The van der Waals surface area contributed by atoms with Crippen LogP contribution in [0, 0.1) is 0 Å². The van der Waals surface area contributed by atoms with Crippen molar-refractivity contribution in [2.24, 2.45) is 0 Å². The number of carboxylic acids is 4. The standard InChI is InChI=1S/4C22H17BrO2.2Rh/c4*23-19-13-11-18(12-14-19)22(20(24)25)15-21(22,16-7-3-1-4-8-16)17-9-5-2-6-10-17;;/h4*1-14H,15H2,(H,24,25);;/t4*22-;;/m1111../s1. The Labute approximate surface area is 653 Å². The van der Waals surface area contributed by atoms with E-state index in [4.69, 9.17) is 0 Å². The topological polar surface area (TPSA) is 149 Å². The number of hydrogen-bond donors (Lipinski definition) is 4. The summed E-state index contributed by atoms with van der Waals surface area (Å²) < 4.78 is 3.79. The average Bonchev–Trinajstić information content (AvgIpc) is 1.52. The molecule has 12 aromatic rings. The van der Waals surface area contributed by atoms with E-state index in [9.17, 15) is 39.6 Å². The number of aliphatic carboxylic acids is 4. The van der Waals surface area contributed by atoms with Crippen molar-refractivity contribution in [3.63, 3.8) is 0 Å². The summed E-state index contributed by atoms with van der Waals surface area (Å²) in [5.74, 6) is -3.10. The second kappa shape index (κ2) is 30.6. The zero-order valence-corrected chi connectivity index (χ0v) is 64.4. The van der Waals surface area contributed by atoms with Crippen molar-refractivity contribution < 1.29 is 78.6 Å². The Morgan fingerprint density at radius 1 is 0.196 bits per heavy atom. The summed E-state index contributed by atoms with van der Waals surface area (Å²) in [7, 11) is 0. The Morgan fingerprint density at radius 2 is 0.314 bits per heavy atom. The van der Waals surface area contributed by atoms with E-state index in [-0.39, 0.29) is 39.0 Å². The molecule has 0 unspecified atom stereocenters. The van der Waals surface area contributed by atoms with Gasteiger partial charge in [-0.1, -0.05) is 355 Å². The Kier molecular flexibility index (Phi) is 22.4. The Morgan fingerprint density at radius 3 is 0.422 bits per heavy atom. The molecule has 4 N–H and O–H groups in total. The van der Waals surface area contributed by atoms with Gasteiger partial charge in [-0.2, -0.15) is 0 Å². The zero-order valence-electron chi connectivity index (χ0n) is 54.8. The molecule has 16 rings (SSSR count). The van der Waals surface area contributed by atoms with Gasteiger partial charge < -0.3 is 20.4 Å². The summed E-state index contributed by atoms with van der Waals surface area (Å²) in [6, 6.07) is 111. The maximum Gasteiger partial charge on any atom is 0.315 e. The van der Waals surface area contributed by atoms with E-state index >= 15 is 0 Å². The van der Waals surface area contributed by atoms with Gasteiger partial charge in [0.05, 0.1) is 0 Å². The van der Waals surface area contributed by atoms with E-state index in [1.807, 2.05) is 340 Å². The minimum Gasteiger partial charge on any atom is -0.481 e. The van der Waals surface area contributed by atoms with Gasteiger partial charge in [0.25, 0.3) is 0 Å². The van der Waals surface area contributed by atoms with Crippen molar-refractivity contribution in [2.75, 3.05) is 0 Å². The summed E-state index contributed by atoms with van der Waals surface area (Å²) in [6.45, 7) is 0. The fourth-order valence-electron chi connectivity index (χ4n) is 16.5. The van der Waals surface area contributed by atoms with Crippen molar-refractivity contribution in [2.45, 2.75) is 69.0 Å². The molecule has 514 valence electrons. The number of hydrogen-bond acceptors (Lipinski definition) is 4. The average molecular weight is 1780 g/mol. The van der Waals surface area contributed by atoms with E-state index in [2.05, 4.69) is 63.7 Å². The molecule has 0 amide bonds. The molecule has 0 saturated heterocycles. The molecule has 4 saturated carbocycles. The number of benzene rings is 12. The molecule has 4 aliphatic carbocycles. The second-order valence-corrected chi connectivity index (χ2v) is 29.8. The van der Waals surface area contributed by atoms with Crippen LogP contribution in [0.25, 0.3) is 0 Å². The third-order valence-electron chi connectivity index (χ3n) is 21.5. The fourth-order valence-corrected chi connectivity index (χ4v) is 17.6. The Hall–Kier alpha value is -8.31. The second-order valence-electron chi connectivity index (χ2n) is 26.1. The van der Waals surface area contributed by atoms with Gasteiger partial charge in [-0.15, -0.1) is 0 Å². The molecular formula is C88H68Br4O8Rh2. The number of carboxylic acid groups (broad SMARTS) is 4. The first-order chi connectivity index (χ1) is 48.4. The normalized spacial score (nSPS) is 20.4. The predicted octanol–water partition coefficient (Wildman–Crippen LogP) is 20.6. The molecule has 0 heterocycles. The minimum absolute atomic E-state index is 0. The molecular weight excluding hydrogens is 1710 g/mol. The van der Waals surface area contributed by atoms with Crippen molar-refractivity contribution in [3.05, 3.63) is 424 Å². The minimum atomic E-state index is -0.948. The zero-order chi connectivity index (χ0) is 70.0. The molecule has 2 radical (unpaired) electrons. The third kappa shape index (κ3) is 12.7. The summed E-state index contributed by atoms with van der Waals surface area (Å²) in [5, 5.41) is 41.1. The largest absolute Gasteiger partial charge is 0.481 e. The first-order valence-electron chi connectivity index (χ1n) is 32.9. The smallest absolute Gasteiger partial charge is 0.315 e. The van der Waals surface area contributed by atoms with Gasteiger partial charge in [0, 0.05) is 78.5 Å². The molecule has 102 heavy (non-hydrogen) atoms. The number of halogens is 4. The molecule has 4 aliphatic rings. The van der Waals surface area contributed by atoms with E-state index in [1.54, 1.807) is 0 Å². The number of carbonyl (C=O) groups is 4. The van der Waals surface area contributed by atoms with Crippen LogP contribution in [0.4, 0.5) is 0 Å². The Balaban J connectivity index is 0.000000136. The van der Waals surface area contributed by atoms with Gasteiger partial charge in [0.1, 0.15) is 21.7 Å². The maximum absolute atomic E-state index is 12.5. The summed E-state index contributed by atoms with van der Waals surface area (Å²) in [5.41, 5.74) is 5.78. The van der Waals surface area contributed by atoms with Crippen LogP contribution in [-0.2, 0) is 101 Å². The van der Waals surface area contributed by atoms with Gasteiger partial charge in [0.15, 0.2) is 0 Å². The van der Waals surface area contributed by atoms with Gasteiger partial charge in [-0.25, -0.2) is 0 Å². The van der Waals surface area contributed by atoms with Crippen LogP contribution in [-0.4, -0.2) is 44.3 Å². The van der Waals surface area contributed by atoms with Crippen molar-refractivity contribution >= 4 is 87.6 Å². The molecule has 4 fully saturated rings. The first-order valence-corrected chi connectivity index (χ1v) is 36.0. The SMILES string of the molecule is O=C(O)[C@]1(c2ccc(Br)cc2)CC1(c1ccccc1)c1ccccc1.O=C(O)[C@]1(c2ccc(Br)cc2)CC1(c1ccccc1)c1ccccc1.O=C(O)[C@]1(c2ccc(Br)cc2)CC1(c1ccccc1)c1ccccc1.O=C(O)[C@]1(c2ccc(Br)cc2)CC1(c1ccccc1)c1ccccc1.[Rh].[Rh]. The molecule has 12 aromatic carbocycles. The molecule has 8 nitrogen and oxygen atoms in total. The number of rotatable bonds is 16. The van der Waals surface area contributed by atoms with Crippen LogP contribution in [0.3, 0.4) is 0 Å². The molecule has 14 heteroatoms. The van der Waals surface area contributed by atoms with E-state index < -0.39 is 67.2 Å². The molecule has 4 atom stereocenters. The summed E-state index contributed by atoms with van der Waals surface area (Å²) >= 11 is 13.8. The molecule has 0 aliphatic heterocycles. The molecule has 0 bridgehead atoms. The van der Waals surface area contributed by atoms with Crippen molar-refractivity contribution in [1.82, 2.24) is 0 Å². The maximum atomic E-state index is 12.5. The molecule has 0 aromatic heterocycles. The quantitative estimate of drug-likeness (QED) is 0.0699. The van der Waals surface area contributed by atoms with E-state index in [1.165, 1.54) is 0 Å². The van der Waals surface area contributed by atoms with Crippen LogP contribution >= 0.6 is 63.7 Å².